The predicted octanol–water partition coefficient (Wildman–Crippen LogP) is 2.22. The lowest BCUT2D eigenvalue weighted by Crippen LogP contribution is -2.19. The van der Waals surface area contributed by atoms with Crippen molar-refractivity contribution in [2.45, 2.75) is 42.8 Å². The van der Waals surface area contributed by atoms with Gasteiger partial charge in [-0.2, -0.15) is 0 Å². The molecule has 1 saturated heterocycles. The molecule has 1 aliphatic rings. The molecule has 0 radical (unpaired) electrons. The van der Waals surface area contributed by atoms with Gasteiger partial charge < -0.3 is 4.74 Å². The SMILES string of the molecule is C[C@H](Sc1nnnn1C[C@@H]1CCCO1)C(=O)c1ccccc1. The van der Waals surface area contributed by atoms with Crippen LogP contribution < -0.4 is 0 Å². The third-order valence-electron chi connectivity index (χ3n) is 3.61. The Balaban J connectivity index is 1.65. The Morgan fingerprint density at radius 3 is 3.00 bits per heavy atom. The van der Waals surface area contributed by atoms with Gasteiger partial charge in [0, 0.05) is 12.2 Å². The first-order valence-corrected chi connectivity index (χ1v) is 8.25. The number of carbonyl (C=O) groups is 1. The maximum Gasteiger partial charge on any atom is 0.210 e. The summed E-state index contributed by atoms with van der Waals surface area (Å²) in [7, 11) is 0. The van der Waals surface area contributed by atoms with E-state index >= 15 is 0 Å². The van der Waals surface area contributed by atoms with Gasteiger partial charge in [-0.25, -0.2) is 4.68 Å². The number of tetrazole rings is 1. The largest absolute Gasteiger partial charge is 0.376 e. The maximum absolute atomic E-state index is 12.4. The zero-order chi connectivity index (χ0) is 15.4. The third-order valence-corrected chi connectivity index (χ3v) is 4.68. The van der Waals surface area contributed by atoms with Crippen LogP contribution in [0.25, 0.3) is 0 Å². The van der Waals surface area contributed by atoms with Gasteiger partial charge in [-0.05, 0) is 30.2 Å². The second kappa shape index (κ2) is 7.02. The number of ether oxygens (including phenoxy) is 1. The average Bonchev–Trinajstić information content (AvgIpc) is 3.20. The molecule has 1 aromatic heterocycles. The van der Waals surface area contributed by atoms with Gasteiger partial charge in [0.15, 0.2) is 5.78 Å². The van der Waals surface area contributed by atoms with Crippen molar-refractivity contribution in [1.82, 2.24) is 20.2 Å². The molecule has 2 heterocycles. The van der Waals surface area contributed by atoms with E-state index in [0.717, 1.165) is 19.4 Å². The lowest BCUT2D eigenvalue weighted by atomic mass is 10.1. The fourth-order valence-corrected chi connectivity index (χ4v) is 3.30. The Labute approximate surface area is 133 Å². The molecule has 1 aliphatic heterocycles. The number of carbonyl (C=O) groups excluding carboxylic acids is 1. The van der Waals surface area contributed by atoms with E-state index in [4.69, 9.17) is 4.74 Å². The molecule has 0 bridgehead atoms. The molecule has 0 unspecified atom stereocenters. The Morgan fingerprint density at radius 1 is 1.45 bits per heavy atom. The molecule has 0 spiro atoms. The fourth-order valence-electron chi connectivity index (χ4n) is 2.43. The molecule has 0 aliphatic carbocycles. The first kappa shape index (κ1) is 15.2. The highest BCUT2D eigenvalue weighted by Crippen LogP contribution is 2.24. The Morgan fingerprint density at radius 2 is 2.27 bits per heavy atom. The van der Waals surface area contributed by atoms with Gasteiger partial charge in [0.05, 0.1) is 17.9 Å². The highest BCUT2D eigenvalue weighted by atomic mass is 32.2. The van der Waals surface area contributed by atoms with Crippen LogP contribution in [0.1, 0.15) is 30.1 Å². The molecule has 3 rings (SSSR count). The number of benzene rings is 1. The van der Waals surface area contributed by atoms with Crippen molar-refractivity contribution in [2.24, 2.45) is 0 Å². The highest BCUT2D eigenvalue weighted by Gasteiger charge is 2.22. The van der Waals surface area contributed by atoms with Gasteiger partial charge in [-0.1, -0.05) is 42.1 Å². The molecule has 0 N–H and O–H groups in total. The van der Waals surface area contributed by atoms with Gasteiger partial charge in [-0.3, -0.25) is 4.79 Å². The predicted molar refractivity (Wildman–Crippen MR) is 82.9 cm³/mol. The van der Waals surface area contributed by atoms with Crippen molar-refractivity contribution >= 4 is 17.5 Å². The lowest BCUT2D eigenvalue weighted by Gasteiger charge is -2.12. The zero-order valence-electron chi connectivity index (χ0n) is 12.4. The van der Waals surface area contributed by atoms with Crippen LogP contribution in [-0.4, -0.2) is 44.0 Å². The first-order chi connectivity index (χ1) is 10.7. The van der Waals surface area contributed by atoms with Gasteiger partial charge in [-0.15, -0.1) is 5.10 Å². The summed E-state index contributed by atoms with van der Waals surface area (Å²) in [6, 6.07) is 9.29. The summed E-state index contributed by atoms with van der Waals surface area (Å²) in [5.41, 5.74) is 0.709. The number of rotatable bonds is 6. The lowest BCUT2D eigenvalue weighted by molar-refractivity contribution is 0.0911. The number of aromatic nitrogens is 4. The Hall–Kier alpha value is -1.73. The molecule has 1 aromatic carbocycles. The maximum atomic E-state index is 12.4. The van der Waals surface area contributed by atoms with Crippen LogP contribution in [0.5, 0.6) is 0 Å². The van der Waals surface area contributed by atoms with E-state index in [-0.39, 0.29) is 17.1 Å². The van der Waals surface area contributed by atoms with Crippen molar-refractivity contribution in [3.63, 3.8) is 0 Å². The van der Waals surface area contributed by atoms with Crippen molar-refractivity contribution in [2.75, 3.05) is 6.61 Å². The van der Waals surface area contributed by atoms with Crippen molar-refractivity contribution in [1.29, 1.82) is 0 Å². The van der Waals surface area contributed by atoms with E-state index in [0.29, 0.717) is 17.3 Å². The molecule has 116 valence electrons. The highest BCUT2D eigenvalue weighted by molar-refractivity contribution is 8.00. The van der Waals surface area contributed by atoms with Crippen molar-refractivity contribution in [3.8, 4) is 0 Å². The van der Waals surface area contributed by atoms with E-state index in [1.165, 1.54) is 11.8 Å². The average molecular weight is 318 g/mol. The summed E-state index contributed by atoms with van der Waals surface area (Å²) >= 11 is 1.38. The monoisotopic (exact) mass is 318 g/mol. The number of nitrogens with zero attached hydrogens (tertiary/aromatic N) is 4. The van der Waals surface area contributed by atoms with Crippen LogP contribution in [0.2, 0.25) is 0 Å². The second-order valence-electron chi connectivity index (χ2n) is 5.27. The van der Waals surface area contributed by atoms with E-state index in [2.05, 4.69) is 15.5 Å². The molecule has 22 heavy (non-hydrogen) atoms. The number of ketones is 1. The molecule has 0 amide bonds. The summed E-state index contributed by atoms with van der Waals surface area (Å²) in [4.78, 5) is 12.4. The summed E-state index contributed by atoms with van der Waals surface area (Å²) < 4.78 is 7.34. The van der Waals surface area contributed by atoms with E-state index < -0.39 is 0 Å². The minimum absolute atomic E-state index is 0.0808. The minimum Gasteiger partial charge on any atom is -0.376 e. The molecule has 0 saturated carbocycles. The molecule has 2 atom stereocenters. The molecule has 7 heteroatoms. The van der Waals surface area contributed by atoms with Crippen LogP contribution >= 0.6 is 11.8 Å². The smallest absolute Gasteiger partial charge is 0.210 e. The Kier molecular flexibility index (Phi) is 4.84. The van der Waals surface area contributed by atoms with Gasteiger partial charge in [0.2, 0.25) is 5.16 Å². The van der Waals surface area contributed by atoms with Gasteiger partial charge >= 0.3 is 0 Å². The van der Waals surface area contributed by atoms with Crippen molar-refractivity contribution < 1.29 is 9.53 Å². The van der Waals surface area contributed by atoms with Crippen LogP contribution in [0.15, 0.2) is 35.5 Å². The van der Waals surface area contributed by atoms with E-state index in [9.17, 15) is 4.79 Å². The van der Waals surface area contributed by atoms with Crippen LogP contribution in [0, 0.1) is 0 Å². The second-order valence-corrected chi connectivity index (χ2v) is 6.58. The summed E-state index contributed by atoms with van der Waals surface area (Å²) in [6.45, 7) is 3.32. The normalized spacial score (nSPS) is 19.2. The third kappa shape index (κ3) is 3.53. The molecule has 2 aromatic rings. The molecule has 1 fully saturated rings. The quantitative estimate of drug-likeness (QED) is 0.601. The summed E-state index contributed by atoms with van der Waals surface area (Å²) in [5, 5.41) is 12.2. The molecular formula is C15H18N4O2S. The number of hydrogen-bond donors (Lipinski definition) is 0. The van der Waals surface area contributed by atoms with Gasteiger partial charge in [0.25, 0.3) is 0 Å². The van der Waals surface area contributed by atoms with Crippen LogP contribution in [-0.2, 0) is 11.3 Å². The summed E-state index contributed by atoms with van der Waals surface area (Å²) in [5.74, 6) is 0.0808. The van der Waals surface area contributed by atoms with Gasteiger partial charge in [0.1, 0.15) is 0 Å². The van der Waals surface area contributed by atoms with Crippen LogP contribution in [0.3, 0.4) is 0 Å². The number of Topliss-reactive ketones (excluding diaryl/α,β-unsaturated/α-hetero) is 1. The zero-order valence-corrected chi connectivity index (χ0v) is 13.2. The number of hydrogen-bond acceptors (Lipinski definition) is 6. The van der Waals surface area contributed by atoms with E-state index in [1.807, 2.05) is 37.3 Å². The first-order valence-electron chi connectivity index (χ1n) is 7.37. The van der Waals surface area contributed by atoms with E-state index in [1.54, 1.807) is 4.68 Å². The topological polar surface area (TPSA) is 69.9 Å². The summed E-state index contributed by atoms with van der Waals surface area (Å²) in [6.07, 6.45) is 2.28. The Bertz CT molecular complexity index is 625. The molecular weight excluding hydrogens is 300 g/mol. The minimum atomic E-state index is -0.239. The van der Waals surface area contributed by atoms with Crippen molar-refractivity contribution in [3.05, 3.63) is 35.9 Å². The van der Waals surface area contributed by atoms with Crippen LogP contribution in [0.4, 0.5) is 0 Å². The standard InChI is InChI=1S/C15H18N4O2S/c1-11(14(20)12-6-3-2-4-7-12)22-15-16-17-18-19(15)10-13-8-5-9-21-13/h2-4,6-7,11,13H,5,8-10H2,1H3/t11-,13-/m0/s1. The molecule has 6 nitrogen and oxygen atoms in total. The number of thioether (sulfide) groups is 1. The fraction of sp³-hybridized carbons (Fsp3) is 0.467.